The summed E-state index contributed by atoms with van der Waals surface area (Å²) in [6.07, 6.45) is 6.53. The molecule has 0 saturated heterocycles. The van der Waals surface area contributed by atoms with E-state index in [-0.39, 0.29) is 31.6 Å². The standard InChI is InChI=1S/C21H14N3.C5H8O2.Ir/c1-24-19-11-5-7-14-6-4-8-15(21(14)19)12-20(24)18-13-22-16-9-2-3-10-17(16)23-18;1-4(6)3-5(2)7;/h2-11,13H,1H3;3,6H,1-2H3;/q-1;;/b;4-3-;. The van der Waals surface area contributed by atoms with Crippen LogP contribution < -0.4 is 4.90 Å². The summed E-state index contributed by atoms with van der Waals surface area (Å²) in [5.74, 6) is -0.0625. The van der Waals surface area contributed by atoms with Crippen molar-refractivity contribution in [2.24, 2.45) is 0 Å². The Kier molecular flexibility index (Phi) is 7.18. The summed E-state index contributed by atoms with van der Waals surface area (Å²) in [6, 6.07) is 20.6. The number of rotatable bonds is 2. The summed E-state index contributed by atoms with van der Waals surface area (Å²) >= 11 is 0. The minimum Gasteiger partial charge on any atom is -0.512 e. The molecule has 1 aliphatic heterocycles. The first kappa shape index (κ1) is 23.3. The van der Waals surface area contributed by atoms with Gasteiger partial charge in [0.1, 0.15) is 0 Å². The van der Waals surface area contributed by atoms with E-state index < -0.39 is 0 Å². The minimum absolute atomic E-state index is 0. The number of hydrogen-bond donors (Lipinski definition) is 1. The SMILES string of the molecule is CC(=O)/C=C(/C)O.CN1C(c2cnc3ccccc3n2)=[C-]c2cccc3cccc1c23.[Ir]. The van der Waals surface area contributed by atoms with Crippen LogP contribution in [0.3, 0.4) is 0 Å². The van der Waals surface area contributed by atoms with Gasteiger partial charge in [0.25, 0.3) is 0 Å². The van der Waals surface area contributed by atoms with Gasteiger partial charge in [-0.15, -0.1) is 23.8 Å². The van der Waals surface area contributed by atoms with E-state index in [0.717, 1.165) is 28.0 Å². The van der Waals surface area contributed by atoms with Gasteiger partial charge in [0.05, 0.1) is 16.8 Å². The fourth-order valence-corrected chi connectivity index (χ4v) is 3.64. The average molecular weight is 601 g/mol. The quantitative estimate of drug-likeness (QED) is 0.188. The molecular weight excluding hydrogens is 579 g/mol. The zero-order valence-electron chi connectivity index (χ0n) is 18.0. The number of benzene rings is 3. The van der Waals surface area contributed by atoms with E-state index in [9.17, 15) is 4.79 Å². The van der Waals surface area contributed by atoms with Crippen LogP contribution in [0.4, 0.5) is 5.69 Å². The van der Waals surface area contributed by atoms with Crippen molar-refractivity contribution in [3.05, 3.63) is 96.0 Å². The summed E-state index contributed by atoms with van der Waals surface area (Å²) in [4.78, 5) is 21.5. The predicted octanol–water partition coefficient (Wildman–Crippen LogP) is 5.46. The number of aromatic nitrogens is 2. The van der Waals surface area contributed by atoms with Crippen molar-refractivity contribution in [2.75, 3.05) is 11.9 Å². The second-order valence-corrected chi connectivity index (χ2v) is 7.35. The number of fused-ring (bicyclic) bond motifs is 1. The molecule has 0 fully saturated rings. The van der Waals surface area contributed by atoms with Crippen LogP contribution >= 0.6 is 0 Å². The third kappa shape index (κ3) is 4.77. The van der Waals surface area contributed by atoms with Gasteiger partial charge in [-0.25, -0.2) is 0 Å². The Bertz CT molecular complexity index is 1350. The van der Waals surface area contributed by atoms with E-state index in [4.69, 9.17) is 10.1 Å². The van der Waals surface area contributed by atoms with Crippen molar-refractivity contribution in [3.63, 3.8) is 0 Å². The van der Waals surface area contributed by atoms with Gasteiger partial charge in [0, 0.05) is 50.8 Å². The summed E-state index contributed by atoms with van der Waals surface area (Å²) in [7, 11) is 2.06. The molecule has 0 aliphatic carbocycles. The fourth-order valence-electron chi connectivity index (χ4n) is 3.64. The molecule has 0 atom stereocenters. The summed E-state index contributed by atoms with van der Waals surface area (Å²) in [5, 5.41) is 10.8. The van der Waals surface area contributed by atoms with Crippen molar-refractivity contribution >= 4 is 39.0 Å². The Labute approximate surface area is 200 Å². The number of hydrogen-bond acceptors (Lipinski definition) is 5. The van der Waals surface area contributed by atoms with E-state index in [1.807, 2.05) is 30.5 Å². The van der Waals surface area contributed by atoms with Crippen LogP contribution in [0, 0.1) is 6.08 Å². The van der Waals surface area contributed by atoms with Crippen molar-refractivity contribution in [1.29, 1.82) is 0 Å². The molecule has 1 aromatic heterocycles. The zero-order chi connectivity index (χ0) is 22.0. The Balaban J connectivity index is 0.000000318. The van der Waals surface area contributed by atoms with Crippen LogP contribution in [-0.4, -0.2) is 27.9 Å². The van der Waals surface area contributed by atoms with Gasteiger partial charge in [-0.1, -0.05) is 41.1 Å². The van der Waals surface area contributed by atoms with Gasteiger partial charge < -0.3 is 10.0 Å². The third-order valence-electron chi connectivity index (χ3n) is 4.94. The van der Waals surface area contributed by atoms with Crippen LogP contribution in [0.2, 0.25) is 0 Å². The molecule has 0 saturated carbocycles. The molecule has 3 aromatic carbocycles. The molecule has 32 heavy (non-hydrogen) atoms. The number of carbonyl (C=O) groups is 1. The second-order valence-electron chi connectivity index (χ2n) is 7.35. The maximum atomic E-state index is 10.0. The van der Waals surface area contributed by atoms with Crippen molar-refractivity contribution < 1.29 is 30.0 Å². The van der Waals surface area contributed by atoms with Gasteiger partial charge in [-0.05, 0) is 37.7 Å². The first-order chi connectivity index (χ1) is 14.9. The largest absolute Gasteiger partial charge is 0.512 e. The van der Waals surface area contributed by atoms with E-state index in [0.29, 0.717) is 0 Å². The molecule has 1 aliphatic rings. The Morgan fingerprint density at radius 3 is 2.34 bits per heavy atom. The van der Waals surface area contributed by atoms with E-state index in [1.54, 1.807) is 0 Å². The third-order valence-corrected chi connectivity index (χ3v) is 4.94. The molecule has 2 heterocycles. The minimum atomic E-state index is -0.125. The average Bonchev–Trinajstić information content (AvgIpc) is 2.75. The molecule has 1 radical (unpaired) electrons. The first-order valence-corrected chi connectivity index (χ1v) is 9.93. The van der Waals surface area contributed by atoms with E-state index in [1.165, 1.54) is 36.4 Å². The number of carbonyl (C=O) groups excluding carboxylic acids is 1. The van der Waals surface area contributed by atoms with Gasteiger partial charge in [0.2, 0.25) is 0 Å². The predicted molar refractivity (Wildman–Crippen MR) is 125 cm³/mol. The Morgan fingerprint density at radius 1 is 1.00 bits per heavy atom. The maximum absolute atomic E-state index is 10.0. The molecule has 5 rings (SSSR count). The molecule has 0 spiro atoms. The van der Waals surface area contributed by atoms with Crippen molar-refractivity contribution in [1.82, 2.24) is 9.97 Å². The Hall–Kier alpha value is -3.34. The molecule has 0 unspecified atom stereocenters. The zero-order valence-corrected chi connectivity index (χ0v) is 20.4. The second kappa shape index (κ2) is 9.86. The fraction of sp³-hybridized carbons (Fsp3) is 0.115. The van der Waals surface area contributed by atoms with Gasteiger partial charge in [0.15, 0.2) is 5.78 Å². The van der Waals surface area contributed by atoms with Crippen molar-refractivity contribution in [2.45, 2.75) is 13.8 Å². The number of aliphatic hydroxyl groups excluding tert-OH is 1. The van der Waals surface area contributed by atoms with Crippen LogP contribution in [-0.2, 0) is 24.9 Å². The van der Waals surface area contributed by atoms with Crippen LogP contribution in [0.25, 0.3) is 27.5 Å². The molecular formula is C26H22IrN3O2-. The molecule has 0 amide bonds. The summed E-state index contributed by atoms with van der Waals surface area (Å²) in [6.45, 7) is 2.85. The molecule has 163 valence electrons. The smallest absolute Gasteiger partial charge is 0.155 e. The van der Waals surface area contributed by atoms with E-state index >= 15 is 0 Å². The molecule has 5 nitrogen and oxygen atoms in total. The number of para-hydroxylation sites is 2. The number of allylic oxidation sites excluding steroid dienone is 2. The number of nitrogens with zero attached hydrogens (tertiary/aromatic N) is 3. The topological polar surface area (TPSA) is 66.3 Å². The molecule has 0 bridgehead atoms. The first-order valence-electron chi connectivity index (χ1n) is 9.93. The van der Waals surface area contributed by atoms with Crippen LogP contribution in [0.5, 0.6) is 0 Å². The molecule has 1 N–H and O–H groups in total. The summed E-state index contributed by atoms with van der Waals surface area (Å²) < 4.78 is 0. The number of aliphatic hydroxyl groups is 1. The number of anilines is 1. The molecule has 6 heteroatoms. The van der Waals surface area contributed by atoms with Gasteiger partial charge in [-0.2, -0.15) is 0 Å². The van der Waals surface area contributed by atoms with E-state index in [2.05, 4.69) is 59.4 Å². The van der Waals surface area contributed by atoms with Crippen LogP contribution in [0.1, 0.15) is 25.1 Å². The Morgan fingerprint density at radius 2 is 1.69 bits per heavy atom. The normalized spacial score (nSPS) is 12.5. The monoisotopic (exact) mass is 601 g/mol. The van der Waals surface area contributed by atoms with Gasteiger partial charge >= 0.3 is 0 Å². The summed E-state index contributed by atoms with van der Waals surface area (Å²) in [5.41, 5.74) is 5.86. The number of ketones is 1. The van der Waals surface area contributed by atoms with Gasteiger partial charge in [-0.3, -0.25) is 14.8 Å². The maximum Gasteiger partial charge on any atom is 0.155 e. The van der Waals surface area contributed by atoms with Crippen LogP contribution in [0.15, 0.2) is 78.7 Å². The van der Waals surface area contributed by atoms with Crippen molar-refractivity contribution in [3.8, 4) is 0 Å². The molecule has 4 aromatic rings.